The predicted octanol–water partition coefficient (Wildman–Crippen LogP) is 2.99. The van der Waals surface area contributed by atoms with Gasteiger partial charge in [-0.15, -0.1) is 0 Å². The SMILES string of the molecule is O=C(c1ccno1)N1CCCC2(CCN(Cc3cccn3-c3cccnc3)C2)C1. The number of rotatable bonds is 4. The fraction of sp³-hybridized carbons (Fsp3) is 0.409. The first kappa shape index (κ1) is 18.1. The maximum Gasteiger partial charge on any atom is 0.292 e. The van der Waals surface area contributed by atoms with Crippen molar-refractivity contribution in [2.24, 2.45) is 5.41 Å². The molecule has 1 amide bonds. The Balaban J connectivity index is 1.27. The second-order valence-corrected chi connectivity index (χ2v) is 8.25. The summed E-state index contributed by atoms with van der Waals surface area (Å²) in [4.78, 5) is 21.4. The lowest BCUT2D eigenvalue weighted by molar-refractivity contribution is 0.0489. The Bertz CT molecular complexity index is 968. The van der Waals surface area contributed by atoms with E-state index < -0.39 is 0 Å². The largest absolute Gasteiger partial charge is 0.351 e. The van der Waals surface area contributed by atoms with Crippen LogP contribution in [0.15, 0.2) is 59.6 Å². The third-order valence-corrected chi connectivity index (χ3v) is 6.26. The van der Waals surface area contributed by atoms with E-state index in [2.05, 4.69) is 44.0 Å². The highest BCUT2D eigenvalue weighted by molar-refractivity contribution is 5.91. The fourth-order valence-corrected chi connectivity index (χ4v) is 4.88. The molecule has 0 saturated carbocycles. The maximum absolute atomic E-state index is 12.7. The van der Waals surface area contributed by atoms with Crippen molar-refractivity contribution in [3.8, 4) is 5.69 Å². The van der Waals surface area contributed by atoms with Crippen LogP contribution in [0.5, 0.6) is 0 Å². The molecule has 3 aromatic rings. The maximum atomic E-state index is 12.7. The van der Waals surface area contributed by atoms with Crippen molar-refractivity contribution in [2.45, 2.75) is 25.8 Å². The highest BCUT2D eigenvalue weighted by atomic mass is 16.5. The minimum Gasteiger partial charge on any atom is -0.351 e. The van der Waals surface area contributed by atoms with Crippen LogP contribution in [0.2, 0.25) is 0 Å². The van der Waals surface area contributed by atoms with E-state index in [0.29, 0.717) is 5.76 Å². The van der Waals surface area contributed by atoms with E-state index in [-0.39, 0.29) is 11.3 Å². The molecule has 5 rings (SSSR count). The molecule has 1 unspecified atom stereocenters. The van der Waals surface area contributed by atoms with Crippen LogP contribution in [-0.2, 0) is 6.54 Å². The Morgan fingerprint density at radius 3 is 2.90 bits per heavy atom. The highest BCUT2D eigenvalue weighted by Gasteiger charge is 2.43. The van der Waals surface area contributed by atoms with Gasteiger partial charge in [-0.25, -0.2) is 0 Å². The molecule has 2 saturated heterocycles. The molecule has 0 N–H and O–H groups in total. The Labute approximate surface area is 169 Å². The summed E-state index contributed by atoms with van der Waals surface area (Å²) in [6.07, 6.45) is 10.7. The van der Waals surface area contributed by atoms with E-state index in [9.17, 15) is 4.79 Å². The van der Waals surface area contributed by atoms with Gasteiger partial charge in [-0.05, 0) is 50.1 Å². The van der Waals surface area contributed by atoms with Gasteiger partial charge in [-0.3, -0.25) is 14.7 Å². The third-order valence-electron chi connectivity index (χ3n) is 6.26. The van der Waals surface area contributed by atoms with Crippen molar-refractivity contribution in [1.82, 2.24) is 24.5 Å². The fourth-order valence-electron chi connectivity index (χ4n) is 4.88. The summed E-state index contributed by atoms with van der Waals surface area (Å²) in [5.74, 6) is 0.302. The van der Waals surface area contributed by atoms with Gasteiger partial charge in [0.25, 0.3) is 5.91 Å². The number of hydrogen-bond donors (Lipinski definition) is 0. The van der Waals surface area contributed by atoms with Crippen LogP contribution in [0.4, 0.5) is 0 Å². The number of likely N-dealkylation sites (tertiary alicyclic amines) is 2. The number of carbonyl (C=O) groups is 1. The lowest BCUT2D eigenvalue weighted by Gasteiger charge is -2.40. The van der Waals surface area contributed by atoms with Gasteiger partial charge in [-0.1, -0.05) is 5.16 Å². The van der Waals surface area contributed by atoms with Gasteiger partial charge in [0.1, 0.15) is 0 Å². The molecule has 0 radical (unpaired) electrons. The zero-order chi connectivity index (χ0) is 19.7. The van der Waals surface area contributed by atoms with Crippen molar-refractivity contribution >= 4 is 5.91 Å². The van der Waals surface area contributed by atoms with Gasteiger partial charge in [0.2, 0.25) is 5.76 Å². The molecule has 2 fully saturated rings. The second-order valence-electron chi connectivity index (χ2n) is 8.25. The third kappa shape index (κ3) is 3.58. The monoisotopic (exact) mass is 391 g/mol. The van der Waals surface area contributed by atoms with Gasteiger partial charge in [-0.2, -0.15) is 0 Å². The van der Waals surface area contributed by atoms with Gasteiger partial charge >= 0.3 is 0 Å². The molecule has 0 aromatic carbocycles. The van der Waals surface area contributed by atoms with E-state index >= 15 is 0 Å². The number of carbonyl (C=O) groups excluding carboxylic acids is 1. The normalized spacial score (nSPS) is 22.4. The lowest BCUT2D eigenvalue weighted by atomic mass is 9.79. The van der Waals surface area contributed by atoms with Crippen LogP contribution >= 0.6 is 0 Å². The van der Waals surface area contributed by atoms with Crippen LogP contribution in [-0.4, -0.2) is 56.6 Å². The van der Waals surface area contributed by atoms with Gasteiger partial charge < -0.3 is 14.0 Å². The van der Waals surface area contributed by atoms with Crippen molar-refractivity contribution in [3.63, 3.8) is 0 Å². The molecule has 2 aliphatic rings. The van der Waals surface area contributed by atoms with Crippen molar-refractivity contribution in [2.75, 3.05) is 26.2 Å². The smallest absolute Gasteiger partial charge is 0.292 e. The Kier molecular flexibility index (Phi) is 4.67. The van der Waals surface area contributed by atoms with Crippen molar-refractivity contribution in [1.29, 1.82) is 0 Å². The molecule has 0 bridgehead atoms. The van der Waals surface area contributed by atoms with Crippen molar-refractivity contribution < 1.29 is 9.32 Å². The summed E-state index contributed by atoms with van der Waals surface area (Å²) in [5, 5.41) is 3.68. The number of amides is 1. The Morgan fingerprint density at radius 2 is 2.07 bits per heavy atom. The molecule has 7 heteroatoms. The van der Waals surface area contributed by atoms with Crippen LogP contribution in [0.3, 0.4) is 0 Å². The lowest BCUT2D eigenvalue weighted by Crippen LogP contribution is -2.47. The Morgan fingerprint density at radius 1 is 1.10 bits per heavy atom. The summed E-state index contributed by atoms with van der Waals surface area (Å²) < 4.78 is 7.29. The van der Waals surface area contributed by atoms with E-state index in [0.717, 1.165) is 51.3 Å². The van der Waals surface area contributed by atoms with E-state index in [4.69, 9.17) is 4.52 Å². The van der Waals surface area contributed by atoms with Crippen LogP contribution < -0.4 is 0 Å². The highest BCUT2D eigenvalue weighted by Crippen LogP contribution is 2.40. The first-order chi connectivity index (χ1) is 14.2. The molecule has 5 heterocycles. The average Bonchev–Trinajstić information content (AvgIpc) is 3.51. The minimum atomic E-state index is -0.0366. The quantitative estimate of drug-likeness (QED) is 0.684. The molecule has 1 atom stereocenters. The molecule has 7 nitrogen and oxygen atoms in total. The van der Waals surface area contributed by atoms with Crippen molar-refractivity contribution in [3.05, 3.63) is 66.6 Å². The minimum absolute atomic E-state index is 0.0366. The second kappa shape index (κ2) is 7.48. The summed E-state index contributed by atoms with van der Waals surface area (Å²) >= 11 is 0. The topological polar surface area (TPSA) is 67.4 Å². The van der Waals surface area contributed by atoms with E-state index in [1.165, 1.54) is 18.3 Å². The van der Waals surface area contributed by atoms with Crippen LogP contribution in [0.25, 0.3) is 5.69 Å². The van der Waals surface area contributed by atoms with Crippen LogP contribution in [0, 0.1) is 5.41 Å². The van der Waals surface area contributed by atoms with E-state index in [1.54, 1.807) is 12.3 Å². The molecule has 3 aromatic heterocycles. The van der Waals surface area contributed by atoms with Gasteiger partial charge in [0.15, 0.2) is 0 Å². The van der Waals surface area contributed by atoms with Crippen LogP contribution in [0.1, 0.15) is 35.5 Å². The van der Waals surface area contributed by atoms with Gasteiger partial charge in [0.05, 0.1) is 18.1 Å². The summed E-state index contributed by atoms with van der Waals surface area (Å²) in [6, 6.07) is 9.96. The molecule has 0 aliphatic carbocycles. The molecule has 150 valence electrons. The van der Waals surface area contributed by atoms with E-state index in [1.807, 2.05) is 17.2 Å². The van der Waals surface area contributed by atoms with Gasteiger partial charge in [0, 0.05) is 55.7 Å². The zero-order valence-electron chi connectivity index (χ0n) is 16.4. The molecule has 29 heavy (non-hydrogen) atoms. The number of nitrogens with zero attached hydrogens (tertiary/aromatic N) is 5. The number of piperidine rings is 1. The summed E-state index contributed by atoms with van der Waals surface area (Å²) in [5.41, 5.74) is 2.53. The number of aromatic nitrogens is 3. The molecular weight excluding hydrogens is 366 g/mol. The standard InChI is InChI=1S/C22H25N5O2/c28-21(20-6-10-24-29-20)26-11-3-7-22(17-26)8-13-25(16-22)15-19-5-2-12-27(19)18-4-1-9-23-14-18/h1-2,4-6,9-10,12,14H,3,7-8,11,13,15-17H2. The molecule has 1 spiro atoms. The molecular formula is C22H25N5O2. The molecule has 2 aliphatic heterocycles. The Hall–Kier alpha value is -2.93. The summed E-state index contributed by atoms with van der Waals surface area (Å²) in [6.45, 7) is 4.57. The average molecular weight is 391 g/mol. The first-order valence-corrected chi connectivity index (χ1v) is 10.2. The number of hydrogen-bond acceptors (Lipinski definition) is 5. The first-order valence-electron chi connectivity index (χ1n) is 10.2. The summed E-state index contributed by atoms with van der Waals surface area (Å²) in [7, 11) is 0. The predicted molar refractivity (Wildman–Crippen MR) is 108 cm³/mol. The number of pyridine rings is 1. The zero-order valence-corrected chi connectivity index (χ0v) is 16.4.